The fourth-order valence-corrected chi connectivity index (χ4v) is 5.39. The minimum absolute atomic E-state index is 0.0508. The Balaban J connectivity index is 1.82. The van der Waals surface area contributed by atoms with Gasteiger partial charge in [-0.15, -0.1) is 11.3 Å². The molecule has 1 unspecified atom stereocenters. The van der Waals surface area contributed by atoms with Gasteiger partial charge in [0.1, 0.15) is 11.6 Å². The first-order valence-electron chi connectivity index (χ1n) is 10.4. The fraction of sp³-hybridized carbons (Fsp3) is 0.154. The molecule has 2 aromatic carbocycles. The zero-order valence-corrected chi connectivity index (χ0v) is 17.7. The van der Waals surface area contributed by atoms with E-state index in [1.807, 2.05) is 83.1 Å². The van der Waals surface area contributed by atoms with Crippen molar-refractivity contribution in [3.8, 4) is 0 Å². The van der Waals surface area contributed by atoms with Crippen molar-refractivity contribution in [1.29, 1.82) is 5.41 Å². The molecule has 1 aliphatic heterocycles. The van der Waals surface area contributed by atoms with E-state index in [1.165, 1.54) is 0 Å². The van der Waals surface area contributed by atoms with Crippen molar-refractivity contribution in [2.24, 2.45) is 0 Å². The van der Waals surface area contributed by atoms with Crippen LogP contribution in [-0.4, -0.2) is 16.7 Å². The lowest BCUT2D eigenvalue weighted by molar-refractivity contribution is -0.116. The van der Waals surface area contributed by atoms with Crippen LogP contribution in [0.15, 0.2) is 95.0 Å². The predicted molar refractivity (Wildman–Crippen MR) is 126 cm³/mol. The molecule has 1 atom stereocenters. The third-order valence-corrected chi connectivity index (χ3v) is 6.84. The topological polar surface area (TPSA) is 64.4 Å². The smallest absolute Gasteiger partial charge is 0.161 e. The molecule has 0 fully saturated rings. The molecule has 5 heteroatoms. The molecule has 2 heterocycles. The number of para-hydroxylation sites is 1. The summed E-state index contributed by atoms with van der Waals surface area (Å²) in [6, 6.07) is 22.9. The number of nitrogens with zero attached hydrogens (tertiary/aromatic N) is 1. The second kappa shape index (κ2) is 8.00. The molecule has 0 spiro atoms. The number of aliphatic hydroxyl groups is 1. The number of hydrogen-bond donors (Lipinski definition) is 2. The van der Waals surface area contributed by atoms with E-state index in [4.69, 9.17) is 0 Å². The van der Waals surface area contributed by atoms with Crippen molar-refractivity contribution in [2.45, 2.75) is 25.2 Å². The molecule has 2 N–H and O–H groups in total. The summed E-state index contributed by atoms with van der Waals surface area (Å²) >= 11 is 1.56. The summed E-state index contributed by atoms with van der Waals surface area (Å²) in [7, 11) is 0. The van der Waals surface area contributed by atoms with Crippen LogP contribution >= 0.6 is 11.3 Å². The van der Waals surface area contributed by atoms with Crippen LogP contribution in [-0.2, 0) is 4.79 Å². The van der Waals surface area contributed by atoms with Gasteiger partial charge in [-0.1, -0.05) is 54.6 Å². The van der Waals surface area contributed by atoms with Gasteiger partial charge in [0.25, 0.3) is 0 Å². The Morgan fingerprint density at radius 3 is 2.35 bits per heavy atom. The highest BCUT2D eigenvalue weighted by Gasteiger charge is 2.43. The normalized spacial score (nSPS) is 20.6. The molecule has 1 aromatic heterocycles. The van der Waals surface area contributed by atoms with E-state index in [0.717, 1.165) is 29.1 Å². The first kappa shape index (κ1) is 19.5. The van der Waals surface area contributed by atoms with Crippen LogP contribution in [0.1, 0.15) is 35.6 Å². The zero-order valence-electron chi connectivity index (χ0n) is 16.9. The number of anilines is 1. The second-order valence-electron chi connectivity index (χ2n) is 7.73. The van der Waals surface area contributed by atoms with Crippen LogP contribution in [0.25, 0.3) is 5.76 Å². The number of rotatable bonds is 3. The molecular weight excluding hydrogens is 404 g/mol. The largest absolute Gasteiger partial charge is 0.507 e. The number of ketones is 1. The van der Waals surface area contributed by atoms with Crippen LogP contribution < -0.4 is 4.90 Å². The number of thiophene rings is 1. The molecule has 0 radical (unpaired) electrons. The minimum atomic E-state index is -0.435. The van der Waals surface area contributed by atoms with Crippen molar-refractivity contribution in [2.75, 3.05) is 4.90 Å². The molecule has 0 saturated heterocycles. The minimum Gasteiger partial charge on any atom is -0.507 e. The van der Waals surface area contributed by atoms with E-state index < -0.39 is 5.92 Å². The maximum atomic E-state index is 13.3. The first-order chi connectivity index (χ1) is 15.2. The molecule has 2 aliphatic rings. The summed E-state index contributed by atoms with van der Waals surface area (Å²) in [5.74, 6) is -0.0591. The number of carbonyl (C=O) groups is 1. The molecule has 154 valence electrons. The van der Waals surface area contributed by atoms with Crippen molar-refractivity contribution >= 4 is 34.4 Å². The average molecular weight is 427 g/mol. The number of allylic oxidation sites excluding steroid dienone is 2. The van der Waals surface area contributed by atoms with Crippen LogP contribution in [0.5, 0.6) is 0 Å². The Kier molecular flexibility index (Phi) is 5.04. The summed E-state index contributed by atoms with van der Waals surface area (Å²) in [4.78, 5) is 16.1. The molecule has 1 aliphatic carbocycles. The van der Waals surface area contributed by atoms with E-state index in [0.29, 0.717) is 23.1 Å². The van der Waals surface area contributed by atoms with E-state index in [1.54, 1.807) is 11.3 Å². The Bertz CT molecular complexity index is 1190. The van der Waals surface area contributed by atoms with Gasteiger partial charge >= 0.3 is 0 Å². The standard InChI is InChI=1S/C26H22N2O2S/c27-26-24(25(30)17-9-3-1-4-10-17)23(21-15-8-16-31-21)22-19(13-7-14-20(22)29)28(26)18-11-5-2-6-12-18/h1-6,8-12,15-16,23,27,30H,7,13-14H2. The number of aliphatic hydroxyl groups excluding tert-OH is 1. The van der Waals surface area contributed by atoms with Crippen molar-refractivity contribution in [1.82, 2.24) is 0 Å². The highest BCUT2D eigenvalue weighted by molar-refractivity contribution is 7.10. The average Bonchev–Trinajstić information content (AvgIpc) is 3.34. The molecule has 0 amide bonds. The molecular formula is C26H22N2O2S. The highest BCUT2D eigenvalue weighted by Crippen LogP contribution is 2.48. The van der Waals surface area contributed by atoms with Crippen LogP contribution in [0, 0.1) is 5.41 Å². The number of Topliss-reactive ketones (excluding diaryl/α,β-unsaturated/α-hetero) is 1. The van der Waals surface area contributed by atoms with E-state index >= 15 is 0 Å². The number of nitrogens with one attached hydrogen (secondary N) is 1. The van der Waals surface area contributed by atoms with Crippen molar-refractivity contribution < 1.29 is 9.90 Å². The lowest BCUT2D eigenvalue weighted by Crippen LogP contribution is -2.42. The van der Waals surface area contributed by atoms with Crippen LogP contribution in [0.4, 0.5) is 5.69 Å². The van der Waals surface area contributed by atoms with Gasteiger partial charge in [0.05, 0.1) is 11.5 Å². The summed E-state index contributed by atoms with van der Waals surface area (Å²) in [5.41, 5.74) is 3.55. The summed E-state index contributed by atoms with van der Waals surface area (Å²) < 4.78 is 0. The lowest BCUT2D eigenvalue weighted by atomic mass is 9.76. The molecule has 31 heavy (non-hydrogen) atoms. The molecule has 0 bridgehead atoms. The Morgan fingerprint density at radius 1 is 0.968 bits per heavy atom. The summed E-state index contributed by atoms with van der Waals surface area (Å²) in [6.45, 7) is 0. The van der Waals surface area contributed by atoms with Gasteiger partial charge in [-0.3, -0.25) is 15.1 Å². The van der Waals surface area contributed by atoms with Gasteiger partial charge in [-0.2, -0.15) is 0 Å². The van der Waals surface area contributed by atoms with Crippen LogP contribution in [0.2, 0.25) is 0 Å². The number of benzene rings is 2. The SMILES string of the molecule is N=C1C(=C(O)c2ccccc2)C(c2cccs2)C2=C(CCCC2=O)N1c1ccccc1. The molecule has 0 saturated carbocycles. The zero-order chi connectivity index (χ0) is 21.4. The maximum absolute atomic E-state index is 13.3. The Labute approximate surface area is 185 Å². The lowest BCUT2D eigenvalue weighted by Gasteiger charge is -2.41. The number of carbonyl (C=O) groups excluding carboxylic acids is 1. The third kappa shape index (κ3) is 3.31. The van der Waals surface area contributed by atoms with E-state index in [9.17, 15) is 15.3 Å². The number of hydrogen-bond acceptors (Lipinski definition) is 4. The van der Waals surface area contributed by atoms with Crippen molar-refractivity contribution in [3.05, 3.63) is 105 Å². The van der Waals surface area contributed by atoms with Gasteiger partial charge in [0, 0.05) is 33.8 Å². The highest BCUT2D eigenvalue weighted by atomic mass is 32.1. The van der Waals surface area contributed by atoms with E-state index in [2.05, 4.69) is 0 Å². The number of amidine groups is 1. The van der Waals surface area contributed by atoms with Gasteiger partial charge < -0.3 is 5.11 Å². The monoisotopic (exact) mass is 426 g/mol. The van der Waals surface area contributed by atoms with Crippen LogP contribution in [0.3, 0.4) is 0 Å². The fourth-order valence-electron chi connectivity index (χ4n) is 4.55. The van der Waals surface area contributed by atoms with E-state index in [-0.39, 0.29) is 17.4 Å². The Hall–Kier alpha value is -3.44. The molecule has 3 aromatic rings. The van der Waals surface area contributed by atoms with Crippen molar-refractivity contribution in [3.63, 3.8) is 0 Å². The summed E-state index contributed by atoms with van der Waals surface area (Å²) in [5, 5.41) is 22.6. The van der Waals surface area contributed by atoms with Gasteiger partial charge in [0.15, 0.2) is 5.78 Å². The van der Waals surface area contributed by atoms with Gasteiger partial charge in [-0.25, -0.2) is 0 Å². The summed E-state index contributed by atoms with van der Waals surface area (Å²) in [6.07, 6.45) is 2.00. The second-order valence-corrected chi connectivity index (χ2v) is 8.71. The third-order valence-electron chi connectivity index (χ3n) is 5.90. The Morgan fingerprint density at radius 2 is 1.68 bits per heavy atom. The van der Waals surface area contributed by atoms with Gasteiger partial charge in [0.2, 0.25) is 0 Å². The maximum Gasteiger partial charge on any atom is 0.161 e. The van der Waals surface area contributed by atoms with Gasteiger partial charge in [-0.05, 0) is 36.4 Å². The predicted octanol–water partition coefficient (Wildman–Crippen LogP) is 6.31. The first-order valence-corrected chi connectivity index (χ1v) is 11.3. The quantitative estimate of drug-likeness (QED) is 0.483. The molecule has 5 rings (SSSR count). The molecule has 4 nitrogen and oxygen atoms in total.